The summed E-state index contributed by atoms with van der Waals surface area (Å²) < 4.78 is 78.9. The van der Waals surface area contributed by atoms with Crippen LogP contribution in [0.1, 0.15) is 39.2 Å². The van der Waals surface area contributed by atoms with E-state index < -0.39 is 17.2 Å². The van der Waals surface area contributed by atoms with Gasteiger partial charge < -0.3 is 39.0 Å². The predicted octanol–water partition coefficient (Wildman–Crippen LogP) is 13.6. The lowest BCUT2D eigenvalue weighted by Gasteiger charge is -2.12. The average molecular weight is 1310 g/mol. The Bertz CT molecular complexity index is 4200. The summed E-state index contributed by atoms with van der Waals surface area (Å²) in [7, 11) is -5.66. The SMILES string of the molecule is Cc1ccc(S(=O)(=O)O)cc1.F.Fc1cccc(COc2ccc(Nc3ncnc4ccc(I)cc34)cc2Cl)c1.O=Cc1ccc(-c2ccc3ncnc(Nc4ccc(OCc5cccc(F)c5)c(Cl)c4)c3c2)o1.O=Cc1ccc(B(O)O)o1.[2HH]. The molecule has 0 bridgehead atoms. The van der Waals surface area contributed by atoms with E-state index in [1.165, 1.54) is 61.2 Å². The molecule has 0 saturated heterocycles. The summed E-state index contributed by atoms with van der Waals surface area (Å²) >= 11 is 15.0. The second kappa shape index (κ2) is 29.5. The molecule has 0 aliphatic heterocycles. The van der Waals surface area contributed by atoms with Gasteiger partial charge >= 0.3 is 7.12 Å². The topological polar surface area (TPSA) is 249 Å². The number of rotatable bonds is 15. The molecule has 0 radical (unpaired) electrons. The summed E-state index contributed by atoms with van der Waals surface area (Å²) in [6.07, 6.45) is 4.15. The maximum absolute atomic E-state index is 13.4. The van der Waals surface area contributed by atoms with Crippen molar-refractivity contribution in [2.24, 2.45) is 0 Å². The maximum Gasteiger partial charge on any atom is 0.526 e. The normalized spacial score (nSPS) is 10.6. The van der Waals surface area contributed by atoms with Crippen LogP contribution in [0.2, 0.25) is 10.0 Å². The highest BCUT2D eigenvalue weighted by Crippen LogP contribution is 2.34. The molecule has 0 unspecified atom stereocenters. The van der Waals surface area contributed by atoms with Crippen LogP contribution < -0.4 is 25.8 Å². The van der Waals surface area contributed by atoms with Crippen LogP contribution in [0.15, 0.2) is 196 Å². The van der Waals surface area contributed by atoms with Crippen molar-refractivity contribution in [2.45, 2.75) is 25.0 Å². The molecule has 0 fully saturated rings. The lowest BCUT2D eigenvalue weighted by molar-refractivity contribution is 0.109. The molecule has 0 amide bonds. The molecule has 0 spiro atoms. The number of hydrogen-bond donors (Lipinski definition) is 5. The third-order valence-corrected chi connectivity index (χ3v) is 13.7. The van der Waals surface area contributed by atoms with Crippen LogP contribution in [-0.4, -0.2) is 62.6 Å². The fourth-order valence-electron chi connectivity index (χ4n) is 7.53. The largest absolute Gasteiger partial charge is 0.526 e. The number of ether oxygens (including phenoxy) is 2. The standard InChI is InChI=1S/C26H17ClFN3O3.C21H14ClFIN3O.C7H8O3S.C5H5BO4.FH.H2/c27-22-12-19(5-8-25(22)33-14-16-2-1-3-18(28)10-16)31-26-21-11-17(4-7-23(21)29-15-30-26)24-9-6-20(13-32)34-24;22-18-10-16(5-7-20(18)28-11-13-2-1-3-14(23)8-13)27-21-17-9-15(24)4-6-19(17)25-12-26-21;1-6-2-4-7(5-3-6)11(8,9)10;7-3-4-1-2-5(10-4)6(8)9;;/h1-13,15H,14H2,(H,29,30,31);1-10,12H,11H2,(H,25,26,27);2-5H,1H3,(H,8,9,10);1-3,8-9H;2*1H/i;;;;;1+1. The van der Waals surface area contributed by atoms with Crippen molar-refractivity contribution in [1.82, 2.24) is 19.9 Å². The van der Waals surface area contributed by atoms with E-state index >= 15 is 0 Å². The molecule has 11 rings (SSSR count). The number of fused-ring (bicyclic) bond motifs is 2. The summed E-state index contributed by atoms with van der Waals surface area (Å²) in [5.74, 6) is 2.60. The number of aryl methyl sites for hydroxylation is 1. The third-order valence-electron chi connectivity index (χ3n) is 11.6. The van der Waals surface area contributed by atoms with Crippen molar-refractivity contribution in [2.75, 3.05) is 10.6 Å². The Morgan fingerprint density at radius 2 is 1.14 bits per heavy atom. The van der Waals surface area contributed by atoms with Crippen molar-refractivity contribution in [1.29, 1.82) is 0 Å². The first-order valence-corrected chi connectivity index (χ1v) is 27.7. The third kappa shape index (κ3) is 17.7. The molecular formula is C59H47BCl2F3IN6O11S. The first kappa shape index (κ1) is 62.9. The zero-order chi connectivity index (χ0) is 59.0. The van der Waals surface area contributed by atoms with Crippen LogP contribution in [0.25, 0.3) is 33.1 Å². The molecule has 430 valence electrons. The van der Waals surface area contributed by atoms with Crippen molar-refractivity contribution in [3.63, 3.8) is 0 Å². The summed E-state index contributed by atoms with van der Waals surface area (Å²) in [6.45, 7) is 2.27. The van der Waals surface area contributed by atoms with Crippen LogP contribution in [0.5, 0.6) is 11.5 Å². The number of carbonyl (C=O) groups is 2. The summed E-state index contributed by atoms with van der Waals surface area (Å²) in [4.78, 5) is 38.2. The highest BCUT2D eigenvalue weighted by Gasteiger charge is 2.16. The number of benzene rings is 7. The van der Waals surface area contributed by atoms with Gasteiger partial charge in [0.25, 0.3) is 10.1 Å². The van der Waals surface area contributed by atoms with Gasteiger partial charge in [-0.25, -0.2) is 28.7 Å². The molecule has 0 aliphatic rings. The first-order valence-electron chi connectivity index (χ1n) is 24.4. The van der Waals surface area contributed by atoms with Gasteiger partial charge in [-0.15, -0.1) is 0 Å². The van der Waals surface area contributed by atoms with Crippen LogP contribution in [0.3, 0.4) is 0 Å². The molecule has 11 aromatic rings. The predicted molar refractivity (Wildman–Crippen MR) is 325 cm³/mol. The number of halogens is 6. The van der Waals surface area contributed by atoms with Gasteiger partial charge in [0.1, 0.15) is 72.1 Å². The van der Waals surface area contributed by atoms with E-state index in [0.29, 0.717) is 62.8 Å². The molecule has 4 aromatic heterocycles. The van der Waals surface area contributed by atoms with E-state index in [2.05, 4.69) is 57.6 Å². The fraction of sp³-hybridized carbons (Fsp3) is 0.0508. The first-order chi connectivity index (χ1) is 39.9. The molecule has 25 heteroatoms. The van der Waals surface area contributed by atoms with Crippen molar-refractivity contribution in [3.05, 3.63) is 236 Å². The lowest BCUT2D eigenvalue weighted by atomic mass is 9.88. The second-order valence-electron chi connectivity index (χ2n) is 17.6. The van der Waals surface area contributed by atoms with Crippen LogP contribution >= 0.6 is 45.8 Å². The van der Waals surface area contributed by atoms with Gasteiger partial charge in [-0.2, -0.15) is 8.42 Å². The number of anilines is 4. The van der Waals surface area contributed by atoms with Gasteiger partial charge in [-0.05, 0) is 174 Å². The summed E-state index contributed by atoms with van der Waals surface area (Å²) in [5, 5.41) is 26.1. The zero-order valence-electron chi connectivity index (χ0n) is 43.6. The highest BCUT2D eigenvalue weighted by atomic mass is 127. The number of nitrogens with one attached hydrogen (secondary N) is 2. The minimum Gasteiger partial charge on any atom is -0.487 e. The van der Waals surface area contributed by atoms with E-state index in [4.69, 9.17) is 51.7 Å². The van der Waals surface area contributed by atoms with Crippen LogP contribution in [-0.2, 0) is 23.3 Å². The molecular weight excluding hydrogens is 1270 g/mol. The smallest absolute Gasteiger partial charge is 0.487 e. The zero-order valence-corrected chi connectivity index (χ0v) is 48.1. The number of furan rings is 2. The average Bonchev–Trinajstić information content (AvgIpc) is 3.42. The highest BCUT2D eigenvalue weighted by molar-refractivity contribution is 14.1. The van der Waals surface area contributed by atoms with Crippen molar-refractivity contribution < 1.29 is 65.8 Å². The van der Waals surface area contributed by atoms with Gasteiger partial charge in [0.05, 0.1) is 26.0 Å². The molecule has 84 heavy (non-hydrogen) atoms. The van der Waals surface area contributed by atoms with Crippen LogP contribution in [0, 0.1) is 22.1 Å². The molecule has 17 nitrogen and oxygen atoms in total. The van der Waals surface area contributed by atoms with Gasteiger partial charge in [0.2, 0.25) is 0 Å². The summed E-state index contributed by atoms with van der Waals surface area (Å²) in [6, 6.07) is 46.8. The second-order valence-corrected chi connectivity index (χ2v) is 21.0. The van der Waals surface area contributed by atoms with Gasteiger partial charge in [-0.3, -0.25) is 18.8 Å². The van der Waals surface area contributed by atoms with Crippen molar-refractivity contribution in [3.8, 4) is 22.8 Å². The van der Waals surface area contributed by atoms with Crippen molar-refractivity contribution >= 4 is 126 Å². The molecule has 0 saturated carbocycles. The Hall–Kier alpha value is -8.69. The monoisotopic (exact) mass is 1310 g/mol. The molecule has 0 atom stereocenters. The number of carbonyl (C=O) groups excluding carboxylic acids is 2. The maximum atomic E-state index is 13.4. The number of aromatic nitrogens is 4. The lowest BCUT2D eigenvalue weighted by Crippen LogP contribution is -2.27. The van der Waals surface area contributed by atoms with E-state index in [1.807, 2.05) is 55.5 Å². The molecule has 5 N–H and O–H groups in total. The van der Waals surface area contributed by atoms with E-state index in [0.717, 1.165) is 47.8 Å². The Labute approximate surface area is 503 Å². The Morgan fingerprint density at radius 3 is 1.61 bits per heavy atom. The minimum atomic E-state index is -4.02. The Kier molecular flexibility index (Phi) is 22.1. The Balaban J connectivity index is 0.000000202. The van der Waals surface area contributed by atoms with Gasteiger partial charge in [0.15, 0.2) is 24.1 Å². The van der Waals surface area contributed by atoms with E-state index in [-0.39, 0.29) is 53.1 Å². The number of aldehydes is 2. The van der Waals surface area contributed by atoms with E-state index in [9.17, 15) is 26.8 Å². The summed E-state index contributed by atoms with van der Waals surface area (Å²) in [5.41, 5.74) is 6.25. The quantitative estimate of drug-likeness (QED) is 0.0277. The van der Waals surface area contributed by atoms with Gasteiger partial charge in [-0.1, -0.05) is 65.2 Å². The molecule has 0 aliphatic carbocycles. The number of nitrogens with zero attached hydrogens (tertiary/aromatic N) is 4. The van der Waals surface area contributed by atoms with E-state index in [1.54, 1.807) is 72.8 Å². The van der Waals surface area contributed by atoms with Crippen LogP contribution in [0.4, 0.5) is 36.5 Å². The number of hydrogen-bond acceptors (Lipinski definition) is 16. The molecule has 4 heterocycles. The minimum absolute atomic E-state index is 0. The molecule has 7 aromatic carbocycles. The van der Waals surface area contributed by atoms with Gasteiger partial charge in [0, 0.05) is 32.7 Å². The fourth-order valence-corrected chi connectivity index (χ4v) is 8.97. The Morgan fingerprint density at radius 1 is 0.631 bits per heavy atom.